The Bertz CT molecular complexity index is 1300. The van der Waals surface area contributed by atoms with Crippen molar-refractivity contribution in [3.63, 3.8) is 0 Å². The second-order valence-corrected chi connectivity index (χ2v) is 11.4. The summed E-state index contributed by atoms with van der Waals surface area (Å²) in [5, 5.41) is 2.87. The van der Waals surface area contributed by atoms with Gasteiger partial charge in [0.25, 0.3) is 0 Å². The third-order valence-corrected chi connectivity index (χ3v) is 7.94. The topological polar surface area (TPSA) is 9.86 Å². The summed E-state index contributed by atoms with van der Waals surface area (Å²) in [6.07, 6.45) is 2.47. The van der Waals surface area contributed by atoms with Gasteiger partial charge in [-0.2, -0.15) is 0 Å². The van der Waals surface area contributed by atoms with Gasteiger partial charge in [-0.15, -0.1) is 0 Å². The molecule has 0 bridgehead atoms. The Morgan fingerprint density at radius 2 is 1.34 bits per heavy atom. The molecule has 0 saturated heterocycles. The molecule has 1 aliphatic carbocycles. The molecular formula is C30H38N2. The van der Waals surface area contributed by atoms with Crippen LogP contribution in [0.4, 0.5) is 0 Å². The van der Waals surface area contributed by atoms with Crippen molar-refractivity contribution < 1.29 is 0 Å². The van der Waals surface area contributed by atoms with Crippen LogP contribution < -0.4 is 0 Å². The highest BCUT2D eigenvalue weighted by Crippen LogP contribution is 2.63. The van der Waals surface area contributed by atoms with Gasteiger partial charge in [0, 0.05) is 51.7 Å². The van der Waals surface area contributed by atoms with Gasteiger partial charge in [0.2, 0.25) is 0 Å². The molecule has 2 aromatic heterocycles. The molecule has 0 spiro atoms. The van der Waals surface area contributed by atoms with Crippen molar-refractivity contribution in [1.29, 1.82) is 0 Å². The van der Waals surface area contributed by atoms with Gasteiger partial charge in [0.05, 0.1) is 0 Å². The van der Waals surface area contributed by atoms with E-state index in [0.717, 1.165) is 0 Å². The predicted molar refractivity (Wildman–Crippen MR) is 138 cm³/mol. The molecule has 168 valence electrons. The number of hydrogen-bond acceptors (Lipinski definition) is 0. The molecule has 2 heterocycles. The van der Waals surface area contributed by atoms with E-state index in [2.05, 4.69) is 119 Å². The van der Waals surface area contributed by atoms with E-state index in [-0.39, 0.29) is 5.41 Å². The van der Waals surface area contributed by atoms with Gasteiger partial charge in [-0.1, -0.05) is 64.1 Å². The van der Waals surface area contributed by atoms with Gasteiger partial charge in [-0.3, -0.25) is 0 Å². The second-order valence-electron chi connectivity index (χ2n) is 11.4. The zero-order valence-electron chi connectivity index (χ0n) is 21.0. The van der Waals surface area contributed by atoms with Crippen LogP contribution in [0.1, 0.15) is 96.1 Å². The van der Waals surface area contributed by atoms with Crippen molar-refractivity contribution in [2.24, 2.45) is 11.3 Å². The van der Waals surface area contributed by atoms with Gasteiger partial charge in [-0.05, 0) is 68.2 Å². The number of benzene rings is 2. The minimum Gasteiger partial charge on any atom is -0.345 e. The first-order valence-electron chi connectivity index (χ1n) is 12.4. The van der Waals surface area contributed by atoms with E-state index in [4.69, 9.17) is 0 Å². The Balaban J connectivity index is 1.92. The summed E-state index contributed by atoms with van der Waals surface area (Å²) in [4.78, 5) is 0. The van der Waals surface area contributed by atoms with Gasteiger partial charge < -0.3 is 9.13 Å². The van der Waals surface area contributed by atoms with Crippen LogP contribution in [0.2, 0.25) is 0 Å². The summed E-state index contributed by atoms with van der Waals surface area (Å²) in [6, 6.07) is 19.0. The molecule has 4 aromatic rings. The van der Waals surface area contributed by atoms with Crippen molar-refractivity contribution in [2.75, 3.05) is 0 Å². The van der Waals surface area contributed by atoms with Gasteiger partial charge in [-0.25, -0.2) is 0 Å². The standard InChI is InChI=1S/C30H38N2/c1-18(2)27-26-22-14-10-12-16-25(22)32(20(5)6)29(26)28(30(27,7)8)23-17-31(19(3)4)24-15-11-9-13-21(23)24/h9-20,27-28H,1-8H3/t27-,28-/m0/s1. The highest BCUT2D eigenvalue weighted by atomic mass is 15.0. The average Bonchev–Trinajstić information content (AvgIpc) is 3.32. The molecule has 2 aromatic carbocycles. The van der Waals surface area contributed by atoms with Crippen molar-refractivity contribution in [3.8, 4) is 0 Å². The lowest BCUT2D eigenvalue weighted by Crippen LogP contribution is -2.27. The lowest BCUT2D eigenvalue weighted by molar-refractivity contribution is 0.229. The van der Waals surface area contributed by atoms with Crippen molar-refractivity contribution in [1.82, 2.24) is 9.13 Å². The van der Waals surface area contributed by atoms with Crippen LogP contribution in [0.3, 0.4) is 0 Å². The summed E-state index contributed by atoms with van der Waals surface area (Å²) < 4.78 is 5.13. The van der Waals surface area contributed by atoms with Crippen molar-refractivity contribution in [2.45, 2.75) is 79.3 Å². The van der Waals surface area contributed by atoms with E-state index >= 15 is 0 Å². The Labute approximate surface area is 193 Å². The zero-order chi connectivity index (χ0) is 22.9. The Kier molecular flexibility index (Phi) is 4.85. The maximum absolute atomic E-state index is 2.65. The third-order valence-electron chi connectivity index (χ3n) is 7.94. The molecule has 32 heavy (non-hydrogen) atoms. The molecule has 0 aliphatic heterocycles. The smallest absolute Gasteiger partial charge is 0.0488 e. The Morgan fingerprint density at radius 3 is 1.94 bits per heavy atom. The molecule has 5 rings (SSSR count). The summed E-state index contributed by atoms with van der Waals surface area (Å²) in [6.45, 7) is 19.1. The molecule has 2 heteroatoms. The van der Waals surface area contributed by atoms with E-state index < -0.39 is 0 Å². The fourth-order valence-electron chi connectivity index (χ4n) is 7.02. The maximum atomic E-state index is 2.65. The lowest BCUT2D eigenvalue weighted by atomic mass is 9.67. The number of fused-ring (bicyclic) bond motifs is 4. The molecule has 1 aliphatic rings. The van der Waals surface area contributed by atoms with E-state index in [1.54, 1.807) is 11.3 Å². The molecule has 0 saturated carbocycles. The molecule has 0 amide bonds. The molecule has 0 fully saturated rings. The van der Waals surface area contributed by atoms with Gasteiger partial charge in [0.15, 0.2) is 0 Å². The predicted octanol–water partition coefficient (Wildman–Crippen LogP) is 8.67. The van der Waals surface area contributed by atoms with Crippen LogP contribution in [0.25, 0.3) is 21.8 Å². The first kappa shape index (κ1) is 21.4. The van der Waals surface area contributed by atoms with E-state index in [1.807, 2.05) is 0 Å². The Morgan fingerprint density at radius 1 is 0.750 bits per heavy atom. The summed E-state index contributed by atoms with van der Waals surface area (Å²) in [5.41, 5.74) is 7.53. The summed E-state index contributed by atoms with van der Waals surface area (Å²) >= 11 is 0. The highest BCUT2D eigenvalue weighted by Gasteiger charge is 2.52. The summed E-state index contributed by atoms with van der Waals surface area (Å²) in [7, 11) is 0. The van der Waals surface area contributed by atoms with Gasteiger partial charge in [0.1, 0.15) is 0 Å². The number of para-hydroxylation sites is 2. The molecule has 0 radical (unpaired) electrons. The van der Waals surface area contributed by atoms with Gasteiger partial charge >= 0.3 is 0 Å². The Hall–Kier alpha value is -2.48. The van der Waals surface area contributed by atoms with Crippen molar-refractivity contribution in [3.05, 3.63) is 71.5 Å². The maximum Gasteiger partial charge on any atom is 0.0488 e. The summed E-state index contributed by atoms with van der Waals surface area (Å²) in [5.74, 6) is 1.47. The largest absolute Gasteiger partial charge is 0.345 e. The third kappa shape index (κ3) is 2.77. The number of rotatable bonds is 4. The number of aromatic nitrogens is 2. The number of hydrogen-bond donors (Lipinski definition) is 0. The highest BCUT2D eigenvalue weighted by molar-refractivity contribution is 5.90. The van der Waals surface area contributed by atoms with Crippen molar-refractivity contribution >= 4 is 21.8 Å². The minimum absolute atomic E-state index is 0.130. The first-order valence-corrected chi connectivity index (χ1v) is 12.4. The lowest BCUT2D eigenvalue weighted by Gasteiger charge is -2.37. The van der Waals surface area contributed by atoms with E-state index in [0.29, 0.717) is 29.8 Å². The second kappa shape index (κ2) is 7.27. The quantitative estimate of drug-likeness (QED) is 0.309. The van der Waals surface area contributed by atoms with Crippen LogP contribution in [-0.2, 0) is 0 Å². The van der Waals surface area contributed by atoms with E-state index in [9.17, 15) is 0 Å². The minimum atomic E-state index is 0.130. The molecular weight excluding hydrogens is 388 g/mol. The first-order chi connectivity index (χ1) is 15.2. The van der Waals surface area contributed by atoms with Crippen LogP contribution in [0.15, 0.2) is 54.7 Å². The van der Waals surface area contributed by atoms with E-state index in [1.165, 1.54) is 27.4 Å². The molecule has 0 unspecified atom stereocenters. The molecule has 2 atom stereocenters. The van der Waals surface area contributed by atoms with Crippen LogP contribution in [-0.4, -0.2) is 9.13 Å². The van der Waals surface area contributed by atoms with Crippen LogP contribution in [0, 0.1) is 11.3 Å². The van der Waals surface area contributed by atoms with Crippen LogP contribution in [0.5, 0.6) is 0 Å². The normalized spacial score (nSPS) is 20.3. The average molecular weight is 427 g/mol. The molecule has 0 N–H and O–H groups in total. The fraction of sp³-hybridized carbons (Fsp3) is 0.467. The van der Waals surface area contributed by atoms with Crippen LogP contribution >= 0.6 is 0 Å². The monoisotopic (exact) mass is 426 g/mol. The molecule has 2 nitrogen and oxygen atoms in total. The number of nitrogens with zero attached hydrogens (tertiary/aromatic N) is 2. The zero-order valence-corrected chi connectivity index (χ0v) is 21.0. The SMILES string of the molecule is CC(C)[C@H]1c2c(n(C(C)C)c3ccccc23)[C@H](c2cn(C(C)C)c3ccccc23)C1(C)C. The fourth-order valence-corrected chi connectivity index (χ4v) is 7.02.